The SMILES string of the molecule is Cc1ccc(Cn2nc(C)c(NC(=S)Nc3ccn(Cc4c(F)c(F)cc(F)c4F)n3)c2C)cc1. The van der Waals surface area contributed by atoms with Crippen LogP contribution < -0.4 is 10.6 Å². The van der Waals surface area contributed by atoms with Crippen molar-refractivity contribution in [3.05, 3.63) is 93.9 Å². The molecule has 0 radical (unpaired) electrons. The average Bonchev–Trinajstić information content (AvgIpc) is 3.36. The van der Waals surface area contributed by atoms with Gasteiger partial charge in [0.15, 0.2) is 34.2 Å². The topological polar surface area (TPSA) is 59.7 Å². The van der Waals surface area contributed by atoms with Crippen molar-refractivity contribution in [3.63, 3.8) is 0 Å². The number of nitrogens with zero attached hydrogens (tertiary/aromatic N) is 4. The third-order valence-corrected chi connectivity index (χ3v) is 5.68. The molecule has 0 fully saturated rings. The van der Waals surface area contributed by atoms with Crippen LogP contribution in [-0.2, 0) is 13.1 Å². The maximum Gasteiger partial charge on any atom is 0.176 e. The standard InChI is InChI=1S/C24H22F4N6S/c1-13-4-6-16(7-5-13)11-34-15(3)23(14(2)31-34)30-24(35)29-20-8-9-33(32-20)12-17-21(27)18(25)10-19(26)22(17)28/h4-10H,11-12H2,1-3H3,(H2,29,30,32,35). The normalized spacial score (nSPS) is 11.1. The molecule has 0 bridgehead atoms. The lowest BCUT2D eigenvalue weighted by atomic mass is 10.1. The Hall–Kier alpha value is -3.73. The van der Waals surface area contributed by atoms with Crippen LogP contribution in [0.3, 0.4) is 0 Å². The molecule has 0 saturated carbocycles. The van der Waals surface area contributed by atoms with E-state index in [0.717, 1.165) is 27.3 Å². The highest BCUT2D eigenvalue weighted by molar-refractivity contribution is 7.80. The van der Waals surface area contributed by atoms with Gasteiger partial charge in [0.25, 0.3) is 0 Å². The minimum atomic E-state index is -1.47. The monoisotopic (exact) mass is 502 g/mol. The molecule has 182 valence electrons. The van der Waals surface area contributed by atoms with E-state index >= 15 is 0 Å². The number of hydrogen-bond donors (Lipinski definition) is 2. The lowest BCUT2D eigenvalue weighted by Gasteiger charge is -2.10. The van der Waals surface area contributed by atoms with Crippen LogP contribution >= 0.6 is 12.2 Å². The van der Waals surface area contributed by atoms with Gasteiger partial charge >= 0.3 is 0 Å². The molecule has 0 spiro atoms. The Morgan fingerprint density at radius 3 is 2.20 bits per heavy atom. The van der Waals surface area contributed by atoms with Gasteiger partial charge in [-0.2, -0.15) is 10.2 Å². The molecule has 0 aliphatic rings. The smallest absolute Gasteiger partial charge is 0.176 e. The summed E-state index contributed by atoms with van der Waals surface area (Å²) in [6.45, 7) is 5.92. The van der Waals surface area contributed by atoms with E-state index in [1.807, 2.05) is 37.6 Å². The highest BCUT2D eigenvalue weighted by Gasteiger charge is 2.20. The summed E-state index contributed by atoms with van der Waals surface area (Å²) in [4.78, 5) is 0. The fourth-order valence-electron chi connectivity index (χ4n) is 3.60. The number of halogens is 4. The van der Waals surface area contributed by atoms with Crippen LogP contribution in [0.2, 0.25) is 0 Å². The van der Waals surface area contributed by atoms with Gasteiger partial charge in [0.2, 0.25) is 0 Å². The zero-order chi connectivity index (χ0) is 25.3. The molecule has 11 heteroatoms. The van der Waals surface area contributed by atoms with Crippen molar-refractivity contribution in [2.24, 2.45) is 0 Å². The molecule has 4 rings (SSSR count). The van der Waals surface area contributed by atoms with Crippen LogP contribution in [0.1, 0.15) is 28.1 Å². The van der Waals surface area contributed by atoms with Gasteiger partial charge in [-0.3, -0.25) is 9.36 Å². The number of hydrogen-bond acceptors (Lipinski definition) is 3. The summed E-state index contributed by atoms with van der Waals surface area (Å²) in [7, 11) is 0. The van der Waals surface area contributed by atoms with Crippen molar-refractivity contribution < 1.29 is 17.6 Å². The molecule has 2 N–H and O–H groups in total. The molecule has 0 atom stereocenters. The van der Waals surface area contributed by atoms with Gasteiger partial charge in [-0.1, -0.05) is 29.8 Å². The van der Waals surface area contributed by atoms with Gasteiger partial charge in [0.05, 0.1) is 35.7 Å². The molecule has 0 saturated heterocycles. The largest absolute Gasteiger partial charge is 0.329 e. The molecule has 0 aliphatic heterocycles. The van der Waals surface area contributed by atoms with E-state index in [1.165, 1.54) is 17.8 Å². The van der Waals surface area contributed by atoms with E-state index < -0.39 is 35.4 Å². The molecule has 2 aromatic carbocycles. The fourth-order valence-corrected chi connectivity index (χ4v) is 3.81. The van der Waals surface area contributed by atoms with Crippen LogP contribution in [0.4, 0.5) is 29.1 Å². The molecule has 0 unspecified atom stereocenters. The molecule has 0 aliphatic carbocycles. The third-order valence-electron chi connectivity index (χ3n) is 5.48. The van der Waals surface area contributed by atoms with Gasteiger partial charge in [-0.05, 0) is 38.6 Å². The van der Waals surface area contributed by atoms with Crippen molar-refractivity contribution in [2.75, 3.05) is 10.6 Å². The first-order valence-electron chi connectivity index (χ1n) is 10.6. The summed E-state index contributed by atoms with van der Waals surface area (Å²) in [6, 6.07) is 9.88. The maximum atomic E-state index is 13.9. The Morgan fingerprint density at radius 1 is 0.886 bits per heavy atom. The zero-order valence-electron chi connectivity index (χ0n) is 19.2. The van der Waals surface area contributed by atoms with Crippen molar-refractivity contribution >= 4 is 28.8 Å². The predicted octanol–water partition coefficient (Wildman–Crippen LogP) is 5.47. The number of rotatable bonds is 6. The Kier molecular flexibility index (Phi) is 6.88. The van der Waals surface area contributed by atoms with Crippen LogP contribution in [0.25, 0.3) is 0 Å². The number of anilines is 2. The summed E-state index contributed by atoms with van der Waals surface area (Å²) in [6.07, 6.45) is 1.41. The van der Waals surface area contributed by atoms with E-state index in [1.54, 1.807) is 0 Å². The lowest BCUT2D eigenvalue weighted by molar-refractivity contribution is 0.431. The second-order valence-electron chi connectivity index (χ2n) is 8.11. The molecule has 4 aromatic rings. The number of aryl methyl sites for hydroxylation is 2. The summed E-state index contributed by atoms with van der Waals surface area (Å²) >= 11 is 5.38. The van der Waals surface area contributed by atoms with Crippen LogP contribution in [0, 0.1) is 44.0 Å². The molecular formula is C24H22F4N6S. The van der Waals surface area contributed by atoms with E-state index in [2.05, 4.69) is 33.0 Å². The molecule has 2 heterocycles. The number of nitrogens with one attached hydrogen (secondary N) is 2. The van der Waals surface area contributed by atoms with Crippen molar-refractivity contribution in [1.82, 2.24) is 19.6 Å². The second kappa shape index (κ2) is 9.87. The van der Waals surface area contributed by atoms with E-state index in [0.29, 0.717) is 6.54 Å². The first kappa shape index (κ1) is 24.4. The summed E-state index contributed by atoms with van der Waals surface area (Å²) in [5, 5.41) is 14.9. The Bertz CT molecular complexity index is 1370. The first-order valence-corrected chi connectivity index (χ1v) is 11.1. The van der Waals surface area contributed by atoms with E-state index in [4.69, 9.17) is 12.2 Å². The van der Waals surface area contributed by atoms with Gasteiger partial charge in [-0.15, -0.1) is 0 Å². The number of aromatic nitrogens is 4. The molecule has 0 amide bonds. The van der Waals surface area contributed by atoms with Crippen molar-refractivity contribution in [2.45, 2.75) is 33.9 Å². The van der Waals surface area contributed by atoms with Crippen LogP contribution in [0.5, 0.6) is 0 Å². The Balaban J connectivity index is 1.43. The van der Waals surface area contributed by atoms with Crippen LogP contribution in [-0.4, -0.2) is 24.7 Å². The van der Waals surface area contributed by atoms with Crippen molar-refractivity contribution in [1.29, 1.82) is 0 Å². The van der Waals surface area contributed by atoms with Gasteiger partial charge in [0, 0.05) is 18.3 Å². The van der Waals surface area contributed by atoms with Crippen LogP contribution in [0.15, 0.2) is 42.6 Å². The minimum absolute atomic E-state index is 0.168. The van der Waals surface area contributed by atoms with E-state index in [9.17, 15) is 17.6 Å². The Labute approximate surface area is 204 Å². The first-order chi connectivity index (χ1) is 16.6. The Morgan fingerprint density at radius 2 is 1.54 bits per heavy atom. The van der Waals surface area contributed by atoms with E-state index in [-0.39, 0.29) is 17.0 Å². The van der Waals surface area contributed by atoms with Gasteiger partial charge < -0.3 is 10.6 Å². The fraction of sp³-hybridized carbons (Fsp3) is 0.208. The number of thiocarbonyl (C=S) groups is 1. The minimum Gasteiger partial charge on any atom is -0.329 e. The average molecular weight is 503 g/mol. The van der Waals surface area contributed by atoms with Gasteiger partial charge in [-0.25, -0.2) is 17.6 Å². The second-order valence-corrected chi connectivity index (χ2v) is 8.52. The summed E-state index contributed by atoms with van der Waals surface area (Å²) in [5.41, 5.74) is 3.92. The highest BCUT2D eigenvalue weighted by atomic mass is 32.1. The molecule has 6 nitrogen and oxygen atoms in total. The molecule has 35 heavy (non-hydrogen) atoms. The summed E-state index contributed by atoms with van der Waals surface area (Å²) in [5.74, 6) is -5.58. The highest BCUT2D eigenvalue weighted by Crippen LogP contribution is 2.22. The predicted molar refractivity (Wildman–Crippen MR) is 129 cm³/mol. The molecule has 2 aromatic heterocycles. The summed E-state index contributed by atoms with van der Waals surface area (Å²) < 4.78 is 57.8. The van der Waals surface area contributed by atoms with Crippen molar-refractivity contribution in [3.8, 4) is 0 Å². The zero-order valence-corrected chi connectivity index (χ0v) is 20.0. The quantitative estimate of drug-likeness (QED) is 0.208. The van der Waals surface area contributed by atoms with Gasteiger partial charge in [0.1, 0.15) is 0 Å². The number of benzene rings is 2. The maximum absolute atomic E-state index is 13.9. The lowest BCUT2D eigenvalue weighted by Crippen LogP contribution is -2.20. The third kappa shape index (κ3) is 5.35. The molecular weight excluding hydrogens is 480 g/mol.